The first-order chi connectivity index (χ1) is 11.7. The van der Waals surface area contributed by atoms with E-state index in [-0.39, 0.29) is 0 Å². The van der Waals surface area contributed by atoms with Gasteiger partial charge >= 0.3 is 0 Å². The molecule has 0 spiro atoms. The van der Waals surface area contributed by atoms with Crippen molar-refractivity contribution in [1.82, 2.24) is 19.3 Å². The molecule has 0 aromatic carbocycles. The molecule has 0 saturated heterocycles. The predicted octanol–water partition coefficient (Wildman–Crippen LogP) is 2.40. The summed E-state index contributed by atoms with van der Waals surface area (Å²) < 4.78 is 4.60. The van der Waals surface area contributed by atoms with Crippen LogP contribution in [0.25, 0.3) is 11.4 Å². The van der Waals surface area contributed by atoms with Gasteiger partial charge in [-0.05, 0) is 41.2 Å². The molecule has 0 aliphatic heterocycles. The van der Waals surface area contributed by atoms with Gasteiger partial charge in [-0.1, -0.05) is 6.08 Å². The number of pyridine rings is 1. The number of quaternary nitrogens is 1. The van der Waals surface area contributed by atoms with Gasteiger partial charge in [0.05, 0.1) is 7.05 Å². The van der Waals surface area contributed by atoms with E-state index in [2.05, 4.69) is 35.4 Å². The van der Waals surface area contributed by atoms with Crippen molar-refractivity contribution in [1.29, 1.82) is 0 Å². The number of thiophene rings is 1. The maximum Gasteiger partial charge on any atom is 0.203 e. The molecule has 0 aliphatic carbocycles. The summed E-state index contributed by atoms with van der Waals surface area (Å²) in [6.07, 6.45) is 5.40. The molecule has 0 radical (unpaired) electrons. The smallest absolute Gasteiger partial charge is 0.203 e. The summed E-state index contributed by atoms with van der Waals surface area (Å²) in [6.45, 7) is 6.12. The maximum atomic E-state index is 5.63. The largest absolute Gasteiger partial charge is 0.315 e. The van der Waals surface area contributed by atoms with Crippen LogP contribution in [0.1, 0.15) is 5.56 Å². The summed E-state index contributed by atoms with van der Waals surface area (Å²) in [7, 11) is 2.15. The van der Waals surface area contributed by atoms with Gasteiger partial charge in [-0.2, -0.15) is 16.0 Å². The molecule has 0 fully saturated rings. The third-order valence-corrected chi connectivity index (χ3v) is 4.82. The van der Waals surface area contributed by atoms with Crippen LogP contribution in [-0.2, 0) is 19.8 Å². The molecule has 0 aliphatic rings. The Labute approximate surface area is 150 Å². The highest BCUT2D eigenvalue weighted by atomic mass is 32.1. The number of hydrogen-bond donors (Lipinski definition) is 1. The van der Waals surface area contributed by atoms with Crippen molar-refractivity contribution in [2.24, 2.45) is 0 Å². The fraction of sp³-hybridized carbons (Fsp3) is 0.235. The van der Waals surface area contributed by atoms with E-state index in [1.54, 1.807) is 17.5 Å². The lowest BCUT2D eigenvalue weighted by molar-refractivity contribution is -0.917. The summed E-state index contributed by atoms with van der Waals surface area (Å²) in [6, 6.07) is 6.06. The quantitative estimate of drug-likeness (QED) is 0.521. The number of allylic oxidation sites excluding steroid dienone is 1. The minimum Gasteiger partial charge on any atom is -0.315 e. The molecule has 3 aromatic rings. The van der Waals surface area contributed by atoms with Crippen LogP contribution in [0.5, 0.6) is 0 Å². The summed E-state index contributed by atoms with van der Waals surface area (Å²) in [5.74, 6) is 0.830. The fourth-order valence-corrected chi connectivity index (χ4v) is 3.53. The van der Waals surface area contributed by atoms with Crippen LogP contribution in [0.4, 0.5) is 0 Å². The Hall–Kier alpha value is -2.09. The van der Waals surface area contributed by atoms with Gasteiger partial charge in [-0.15, -0.1) is 11.7 Å². The van der Waals surface area contributed by atoms with Gasteiger partial charge in [-0.25, -0.2) is 0 Å². The first-order valence-electron chi connectivity index (χ1n) is 7.70. The Kier molecular flexibility index (Phi) is 5.34. The van der Waals surface area contributed by atoms with Crippen LogP contribution < -0.4 is 4.90 Å². The molecule has 3 heterocycles. The van der Waals surface area contributed by atoms with E-state index >= 15 is 0 Å². The number of rotatable bonds is 7. The molecule has 3 aromatic heterocycles. The Morgan fingerprint density at radius 2 is 2.29 bits per heavy atom. The number of nitrogens with zero attached hydrogens (tertiary/aromatic N) is 4. The van der Waals surface area contributed by atoms with Crippen LogP contribution in [0.3, 0.4) is 0 Å². The van der Waals surface area contributed by atoms with Crippen molar-refractivity contribution < 1.29 is 4.90 Å². The number of aromatic nitrogens is 4. The van der Waals surface area contributed by atoms with Crippen LogP contribution in [0, 0.1) is 4.77 Å². The third kappa shape index (κ3) is 3.69. The monoisotopic (exact) mass is 358 g/mol. The molecule has 0 amide bonds. The molecule has 0 saturated carbocycles. The summed E-state index contributed by atoms with van der Waals surface area (Å²) in [5.41, 5.74) is 2.29. The summed E-state index contributed by atoms with van der Waals surface area (Å²) in [5, 5.41) is 9.02. The molecule has 1 unspecified atom stereocenters. The molecular formula is C17H20N5S2+. The summed E-state index contributed by atoms with van der Waals surface area (Å²) in [4.78, 5) is 5.51. The SMILES string of the molecule is C=CCn1c(-c2cccnc2)nn(C[NH+](C)Cc2ccsc2)c1=S. The average molecular weight is 359 g/mol. The van der Waals surface area contributed by atoms with Crippen LogP contribution >= 0.6 is 23.6 Å². The molecule has 0 bridgehead atoms. The highest BCUT2D eigenvalue weighted by molar-refractivity contribution is 7.71. The lowest BCUT2D eigenvalue weighted by Crippen LogP contribution is -3.06. The highest BCUT2D eigenvalue weighted by Gasteiger charge is 2.14. The molecular weight excluding hydrogens is 338 g/mol. The van der Waals surface area contributed by atoms with E-state index in [0.717, 1.165) is 17.9 Å². The standard InChI is InChI=1S/C17H19N5S2/c1-3-8-21-16(15-5-4-7-18-10-15)19-22(17(21)23)13-20(2)11-14-6-9-24-12-14/h3-7,9-10,12H,1,8,11,13H2,2H3/p+1. The third-order valence-electron chi connectivity index (χ3n) is 3.66. The first-order valence-corrected chi connectivity index (χ1v) is 9.05. The van der Waals surface area contributed by atoms with E-state index in [1.165, 1.54) is 10.5 Å². The van der Waals surface area contributed by atoms with Gasteiger partial charge in [0.1, 0.15) is 6.54 Å². The number of hydrogen-bond acceptors (Lipinski definition) is 4. The van der Waals surface area contributed by atoms with E-state index in [1.807, 2.05) is 33.7 Å². The Balaban J connectivity index is 1.88. The molecule has 1 atom stereocenters. The Morgan fingerprint density at radius 3 is 2.96 bits per heavy atom. The van der Waals surface area contributed by atoms with Crippen LogP contribution in [-0.4, -0.2) is 26.4 Å². The van der Waals surface area contributed by atoms with Gasteiger partial charge in [0, 0.05) is 30.1 Å². The predicted molar refractivity (Wildman–Crippen MR) is 99.4 cm³/mol. The van der Waals surface area contributed by atoms with Crippen LogP contribution in [0.15, 0.2) is 54.0 Å². The van der Waals surface area contributed by atoms with Gasteiger partial charge in [0.15, 0.2) is 12.5 Å². The van der Waals surface area contributed by atoms with E-state index in [0.29, 0.717) is 18.0 Å². The molecule has 24 heavy (non-hydrogen) atoms. The van der Waals surface area contributed by atoms with Gasteiger partial charge < -0.3 is 4.90 Å². The maximum absolute atomic E-state index is 5.63. The van der Waals surface area contributed by atoms with Crippen LogP contribution in [0.2, 0.25) is 0 Å². The molecule has 124 valence electrons. The minimum atomic E-state index is 0.632. The second kappa shape index (κ2) is 7.65. The lowest BCUT2D eigenvalue weighted by Gasteiger charge is -2.12. The lowest BCUT2D eigenvalue weighted by atomic mass is 10.3. The molecule has 3 rings (SSSR count). The molecule has 5 nitrogen and oxygen atoms in total. The van der Waals surface area contributed by atoms with Crippen molar-refractivity contribution in [3.05, 3.63) is 64.3 Å². The van der Waals surface area contributed by atoms with E-state index in [9.17, 15) is 0 Å². The average Bonchev–Trinajstić information content (AvgIpc) is 3.19. The van der Waals surface area contributed by atoms with Crippen molar-refractivity contribution >= 4 is 23.6 Å². The van der Waals surface area contributed by atoms with Crippen molar-refractivity contribution in [2.45, 2.75) is 19.8 Å². The van der Waals surface area contributed by atoms with Crippen molar-refractivity contribution in [3.8, 4) is 11.4 Å². The first kappa shape index (κ1) is 16.8. The normalized spacial score (nSPS) is 12.2. The zero-order valence-electron chi connectivity index (χ0n) is 13.6. The molecule has 7 heteroatoms. The van der Waals surface area contributed by atoms with Crippen molar-refractivity contribution in [3.63, 3.8) is 0 Å². The fourth-order valence-electron chi connectivity index (χ4n) is 2.60. The van der Waals surface area contributed by atoms with Gasteiger partial charge in [0.25, 0.3) is 0 Å². The summed E-state index contributed by atoms with van der Waals surface area (Å²) >= 11 is 7.35. The number of nitrogens with one attached hydrogen (secondary N) is 1. The second-order valence-corrected chi connectivity index (χ2v) is 6.82. The van der Waals surface area contributed by atoms with E-state index < -0.39 is 0 Å². The molecule has 1 N–H and O–H groups in total. The Morgan fingerprint density at radius 1 is 1.42 bits per heavy atom. The van der Waals surface area contributed by atoms with Crippen molar-refractivity contribution in [2.75, 3.05) is 7.05 Å². The topological polar surface area (TPSA) is 40.1 Å². The van der Waals surface area contributed by atoms with E-state index in [4.69, 9.17) is 17.3 Å². The second-order valence-electron chi connectivity index (χ2n) is 5.67. The minimum absolute atomic E-state index is 0.632. The van der Waals surface area contributed by atoms with Gasteiger partial charge in [0.2, 0.25) is 4.77 Å². The zero-order chi connectivity index (χ0) is 16.9. The zero-order valence-corrected chi connectivity index (χ0v) is 15.2. The highest BCUT2D eigenvalue weighted by Crippen LogP contribution is 2.16. The van der Waals surface area contributed by atoms with Gasteiger partial charge in [-0.3, -0.25) is 9.55 Å². The Bertz CT molecular complexity index is 849.